The fraction of sp³-hybridized carbons (Fsp3) is 0.312. The number of rotatable bonds is 4. The molecule has 0 aliphatic carbocycles. The highest BCUT2D eigenvalue weighted by atomic mass is 35.5. The molecule has 0 aliphatic rings. The van der Waals surface area contributed by atoms with Gasteiger partial charge < -0.3 is 5.11 Å². The maximum absolute atomic E-state index is 12.2. The minimum absolute atomic E-state index is 0.0470. The molecule has 0 radical (unpaired) electrons. The minimum Gasteiger partial charge on any atom is -0.494 e. The van der Waals surface area contributed by atoms with Crippen LogP contribution in [0.3, 0.4) is 0 Å². The van der Waals surface area contributed by atoms with Crippen LogP contribution in [-0.2, 0) is 20.5 Å². The number of hydrogen-bond donors (Lipinski definition) is 1. The van der Waals surface area contributed by atoms with E-state index in [1.165, 1.54) is 14.1 Å². The highest BCUT2D eigenvalue weighted by molar-refractivity contribution is 6.30. The minimum atomic E-state index is -0.579. The van der Waals surface area contributed by atoms with E-state index in [1.807, 2.05) is 24.3 Å². The lowest BCUT2D eigenvalue weighted by atomic mass is 10.1. The number of nitrogens with zero attached hydrogens (tertiary/aromatic N) is 3. The van der Waals surface area contributed by atoms with Gasteiger partial charge in [0.1, 0.15) is 5.56 Å². The molecule has 6 nitrogen and oxygen atoms in total. The van der Waals surface area contributed by atoms with E-state index in [9.17, 15) is 14.7 Å². The van der Waals surface area contributed by atoms with Crippen molar-refractivity contribution in [3.63, 3.8) is 0 Å². The van der Waals surface area contributed by atoms with Crippen molar-refractivity contribution in [3.8, 4) is 5.88 Å². The summed E-state index contributed by atoms with van der Waals surface area (Å²) < 4.78 is 1.97. The van der Waals surface area contributed by atoms with Crippen LogP contribution >= 0.6 is 11.6 Å². The molecule has 2 rings (SSSR count). The smallest absolute Gasteiger partial charge is 0.333 e. The molecule has 1 heterocycles. The zero-order valence-electron chi connectivity index (χ0n) is 13.2. The van der Waals surface area contributed by atoms with Crippen LogP contribution in [0.2, 0.25) is 5.02 Å². The molecule has 2 aromatic rings. The third kappa shape index (κ3) is 3.53. The Morgan fingerprint density at radius 2 is 1.78 bits per heavy atom. The molecule has 1 N–H and O–H groups in total. The van der Waals surface area contributed by atoms with Crippen LogP contribution in [0.1, 0.15) is 18.1 Å². The monoisotopic (exact) mass is 335 g/mol. The molecule has 23 heavy (non-hydrogen) atoms. The maximum atomic E-state index is 12.2. The third-order valence-corrected chi connectivity index (χ3v) is 3.91. The van der Waals surface area contributed by atoms with Crippen molar-refractivity contribution in [2.45, 2.75) is 13.3 Å². The Labute approximate surface area is 138 Å². The van der Waals surface area contributed by atoms with Crippen molar-refractivity contribution in [1.29, 1.82) is 0 Å². The van der Waals surface area contributed by atoms with Gasteiger partial charge in [-0.25, -0.2) is 4.79 Å². The fourth-order valence-electron chi connectivity index (χ4n) is 2.23. The first kappa shape index (κ1) is 17.0. The number of aliphatic imine (C=N–C) groups is 1. The van der Waals surface area contributed by atoms with Crippen LogP contribution in [0.4, 0.5) is 0 Å². The summed E-state index contributed by atoms with van der Waals surface area (Å²) in [6, 6.07) is 7.44. The molecule has 1 aromatic heterocycles. The van der Waals surface area contributed by atoms with Crippen LogP contribution in [0.5, 0.6) is 5.88 Å². The van der Waals surface area contributed by atoms with Crippen molar-refractivity contribution in [2.75, 3.05) is 6.54 Å². The van der Waals surface area contributed by atoms with Crippen LogP contribution in [0.25, 0.3) is 0 Å². The third-order valence-electron chi connectivity index (χ3n) is 3.66. The zero-order chi connectivity index (χ0) is 17.1. The summed E-state index contributed by atoms with van der Waals surface area (Å²) >= 11 is 5.83. The maximum Gasteiger partial charge on any atom is 0.333 e. The second-order valence-electron chi connectivity index (χ2n) is 5.25. The lowest BCUT2D eigenvalue weighted by Crippen LogP contribution is -2.39. The molecule has 122 valence electrons. The first-order chi connectivity index (χ1) is 10.8. The Bertz CT molecular complexity index is 864. The van der Waals surface area contributed by atoms with E-state index < -0.39 is 11.2 Å². The predicted octanol–water partition coefficient (Wildman–Crippen LogP) is 1.49. The van der Waals surface area contributed by atoms with Gasteiger partial charge >= 0.3 is 5.69 Å². The lowest BCUT2D eigenvalue weighted by molar-refractivity contribution is 0.410. The second-order valence-corrected chi connectivity index (χ2v) is 5.68. The summed E-state index contributed by atoms with van der Waals surface area (Å²) in [6.45, 7) is 2.10. The van der Waals surface area contributed by atoms with Gasteiger partial charge in [-0.2, -0.15) is 0 Å². The number of halogens is 1. The van der Waals surface area contributed by atoms with E-state index in [-0.39, 0.29) is 11.4 Å². The molecule has 0 aliphatic heterocycles. The van der Waals surface area contributed by atoms with E-state index in [1.54, 1.807) is 6.92 Å². The van der Waals surface area contributed by atoms with Gasteiger partial charge in [0, 0.05) is 31.4 Å². The molecule has 0 saturated carbocycles. The zero-order valence-corrected chi connectivity index (χ0v) is 14.0. The Balaban J connectivity index is 2.27. The van der Waals surface area contributed by atoms with Crippen molar-refractivity contribution in [3.05, 3.63) is 61.3 Å². The van der Waals surface area contributed by atoms with Crippen molar-refractivity contribution in [1.82, 2.24) is 9.13 Å². The largest absolute Gasteiger partial charge is 0.494 e. The fourth-order valence-corrected chi connectivity index (χ4v) is 2.36. The Morgan fingerprint density at radius 1 is 1.17 bits per heavy atom. The van der Waals surface area contributed by atoms with Gasteiger partial charge in [-0.15, -0.1) is 0 Å². The molecule has 0 atom stereocenters. The van der Waals surface area contributed by atoms with Gasteiger partial charge in [0.2, 0.25) is 5.88 Å². The summed E-state index contributed by atoms with van der Waals surface area (Å²) in [5, 5.41) is 10.7. The Kier molecular flexibility index (Phi) is 5.05. The topological polar surface area (TPSA) is 76.6 Å². The van der Waals surface area contributed by atoms with Crippen LogP contribution in [0.15, 0.2) is 38.8 Å². The molecule has 0 saturated heterocycles. The van der Waals surface area contributed by atoms with Crippen molar-refractivity contribution < 1.29 is 5.11 Å². The van der Waals surface area contributed by atoms with E-state index in [0.29, 0.717) is 23.7 Å². The van der Waals surface area contributed by atoms with Gasteiger partial charge in [-0.3, -0.25) is 18.9 Å². The summed E-state index contributed by atoms with van der Waals surface area (Å²) in [5.74, 6) is -0.370. The summed E-state index contributed by atoms with van der Waals surface area (Å²) in [4.78, 5) is 28.2. The summed E-state index contributed by atoms with van der Waals surface area (Å²) in [6.07, 6.45) is 0.682. The van der Waals surface area contributed by atoms with E-state index in [2.05, 4.69) is 4.99 Å². The number of aromatic hydroxyl groups is 1. The normalized spacial score (nSPS) is 11.7. The van der Waals surface area contributed by atoms with Crippen molar-refractivity contribution in [2.24, 2.45) is 19.1 Å². The molecule has 0 spiro atoms. The van der Waals surface area contributed by atoms with Gasteiger partial charge in [0.25, 0.3) is 5.56 Å². The van der Waals surface area contributed by atoms with Gasteiger partial charge in [0.15, 0.2) is 0 Å². The average Bonchev–Trinajstić information content (AvgIpc) is 2.53. The molecule has 0 bridgehead atoms. The first-order valence-corrected chi connectivity index (χ1v) is 7.45. The lowest BCUT2D eigenvalue weighted by Gasteiger charge is -2.10. The standard InChI is InChI=1S/C16H18ClN3O3/c1-10(18-9-8-11-4-6-12(17)7-5-11)13-14(21)19(2)16(23)20(3)15(13)22/h4-7,21H,8-9H2,1-3H3. The van der Waals surface area contributed by atoms with E-state index in [0.717, 1.165) is 14.7 Å². The molecule has 7 heteroatoms. The van der Waals surface area contributed by atoms with Gasteiger partial charge in [-0.05, 0) is 31.0 Å². The van der Waals surface area contributed by atoms with Crippen LogP contribution in [0, 0.1) is 0 Å². The summed E-state index contributed by atoms with van der Waals surface area (Å²) in [5.41, 5.74) is 0.380. The SMILES string of the molecule is CC(=NCCc1ccc(Cl)cc1)c1c(O)n(C)c(=O)n(C)c1=O. The molecular weight excluding hydrogens is 318 g/mol. The van der Waals surface area contributed by atoms with Crippen LogP contribution in [-0.4, -0.2) is 26.5 Å². The number of hydrogen-bond acceptors (Lipinski definition) is 4. The van der Waals surface area contributed by atoms with Gasteiger partial charge in [-0.1, -0.05) is 23.7 Å². The molecule has 1 aromatic carbocycles. The Hall–Kier alpha value is -2.34. The average molecular weight is 336 g/mol. The highest BCUT2D eigenvalue weighted by Crippen LogP contribution is 2.12. The second kappa shape index (κ2) is 6.83. The first-order valence-electron chi connectivity index (χ1n) is 7.07. The van der Waals surface area contributed by atoms with Crippen LogP contribution < -0.4 is 11.2 Å². The quantitative estimate of drug-likeness (QED) is 0.860. The number of aromatic nitrogens is 2. The predicted molar refractivity (Wildman–Crippen MR) is 90.8 cm³/mol. The molecule has 0 amide bonds. The van der Waals surface area contributed by atoms with E-state index in [4.69, 9.17) is 11.6 Å². The molecule has 0 unspecified atom stereocenters. The summed E-state index contributed by atoms with van der Waals surface area (Å²) in [7, 11) is 2.77. The highest BCUT2D eigenvalue weighted by Gasteiger charge is 2.16. The van der Waals surface area contributed by atoms with E-state index >= 15 is 0 Å². The molecule has 0 fully saturated rings. The van der Waals surface area contributed by atoms with Crippen molar-refractivity contribution >= 4 is 17.3 Å². The Morgan fingerprint density at radius 3 is 2.39 bits per heavy atom. The van der Waals surface area contributed by atoms with Gasteiger partial charge in [0.05, 0.1) is 0 Å². The molecular formula is C16H18ClN3O3. The number of benzene rings is 1.